The molecular weight excluding hydrogens is 362 g/mol. The molecule has 1 aromatic heterocycles. The largest absolute Gasteiger partial charge is 0.342 e. The maximum Gasteiger partial charge on any atom is 0.255 e. The molecule has 3 heterocycles. The highest BCUT2D eigenvalue weighted by atomic mass is 16.2. The van der Waals surface area contributed by atoms with E-state index in [1.807, 2.05) is 36.9 Å². The van der Waals surface area contributed by atoms with E-state index in [0.717, 1.165) is 60.9 Å². The molecule has 29 heavy (non-hydrogen) atoms. The molecule has 2 amide bonds. The molecule has 1 aromatic carbocycles. The summed E-state index contributed by atoms with van der Waals surface area (Å²) in [6, 6.07) is 8.10. The average molecular weight is 394 g/mol. The van der Waals surface area contributed by atoms with Gasteiger partial charge in [0.05, 0.1) is 16.8 Å². The van der Waals surface area contributed by atoms with Crippen molar-refractivity contribution in [2.24, 2.45) is 5.92 Å². The van der Waals surface area contributed by atoms with E-state index in [0.29, 0.717) is 24.6 Å². The number of rotatable bonds is 2. The molecule has 0 atom stereocenters. The summed E-state index contributed by atoms with van der Waals surface area (Å²) in [7, 11) is 0. The van der Waals surface area contributed by atoms with Gasteiger partial charge in [-0.15, -0.1) is 0 Å². The Hall–Kier alpha value is -2.43. The second-order valence-corrected chi connectivity index (χ2v) is 8.62. The second-order valence-electron chi connectivity index (χ2n) is 8.62. The standard InChI is InChI=1S/C24H31N3O2/c1-17-7-8-22-20(15-17)16-21(18(2)25-22)24(29)27-13-9-19(10-14-27)23(28)26-11-5-3-4-6-12-26/h7-8,15-16,19H,3-6,9-14H2,1-2H3. The van der Waals surface area contributed by atoms with Crippen molar-refractivity contribution in [3.05, 3.63) is 41.1 Å². The van der Waals surface area contributed by atoms with Crippen molar-refractivity contribution in [2.75, 3.05) is 26.2 Å². The van der Waals surface area contributed by atoms with E-state index in [1.54, 1.807) is 0 Å². The molecule has 5 nitrogen and oxygen atoms in total. The zero-order chi connectivity index (χ0) is 20.4. The van der Waals surface area contributed by atoms with Crippen molar-refractivity contribution in [2.45, 2.75) is 52.4 Å². The molecule has 2 aliphatic rings. The van der Waals surface area contributed by atoms with Crippen LogP contribution in [0.1, 0.15) is 60.1 Å². The first-order valence-electron chi connectivity index (χ1n) is 11.0. The van der Waals surface area contributed by atoms with Crippen molar-refractivity contribution in [1.82, 2.24) is 14.8 Å². The summed E-state index contributed by atoms with van der Waals surface area (Å²) in [5, 5.41) is 1.00. The fourth-order valence-corrected chi connectivity index (χ4v) is 4.66. The summed E-state index contributed by atoms with van der Waals surface area (Å²) in [6.07, 6.45) is 6.23. The van der Waals surface area contributed by atoms with Crippen LogP contribution in [0.5, 0.6) is 0 Å². The molecule has 154 valence electrons. The molecular formula is C24H31N3O2. The molecule has 0 unspecified atom stereocenters. The fraction of sp³-hybridized carbons (Fsp3) is 0.542. The van der Waals surface area contributed by atoms with Crippen LogP contribution >= 0.6 is 0 Å². The van der Waals surface area contributed by atoms with Gasteiger partial charge < -0.3 is 9.80 Å². The van der Waals surface area contributed by atoms with Crippen LogP contribution in [0.25, 0.3) is 10.9 Å². The van der Waals surface area contributed by atoms with E-state index < -0.39 is 0 Å². The number of carbonyl (C=O) groups is 2. The van der Waals surface area contributed by atoms with Gasteiger partial charge in [-0.1, -0.05) is 24.5 Å². The van der Waals surface area contributed by atoms with E-state index >= 15 is 0 Å². The van der Waals surface area contributed by atoms with Crippen LogP contribution in [0.15, 0.2) is 24.3 Å². The van der Waals surface area contributed by atoms with Gasteiger partial charge in [-0.05, 0) is 57.7 Å². The smallest absolute Gasteiger partial charge is 0.255 e. The summed E-state index contributed by atoms with van der Waals surface area (Å²) >= 11 is 0. The quantitative estimate of drug-likeness (QED) is 0.772. The minimum atomic E-state index is 0.0408. The number of nitrogens with zero attached hydrogens (tertiary/aromatic N) is 3. The van der Waals surface area contributed by atoms with E-state index in [2.05, 4.69) is 16.0 Å². The number of benzene rings is 1. The zero-order valence-electron chi connectivity index (χ0n) is 17.6. The van der Waals surface area contributed by atoms with Gasteiger partial charge in [0.2, 0.25) is 5.91 Å². The Morgan fingerprint density at radius 3 is 2.28 bits per heavy atom. The maximum absolute atomic E-state index is 13.2. The molecule has 0 radical (unpaired) electrons. The van der Waals surface area contributed by atoms with Gasteiger partial charge in [-0.3, -0.25) is 14.6 Å². The minimum Gasteiger partial charge on any atom is -0.342 e. The molecule has 0 bridgehead atoms. The Bertz CT molecular complexity index is 908. The Balaban J connectivity index is 1.43. The summed E-state index contributed by atoms with van der Waals surface area (Å²) in [5.41, 5.74) is 3.54. The van der Waals surface area contributed by atoms with Gasteiger partial charge in [0.15, 0.2) is 0 Å². The summed E-state index contributed by atoms with van der Waals surface area (Å²) in [5.74, 6) is 0.410. The van der Waals surface area contributed by atoms with Crippen molar-refractivity contribution in [3.63, 3.8) is 0 Å². The molecule has 0 N–H and O–H groups in total. The number of amides is 2. The predicted octanol–water partition coefficient (Wildman–Crippen LogP) is 4.11. The van der Waals surface area contributed by atoms with Gasteiger partial charge in [0.25, 0.3) is 5.91 Å². The number of hydrogen-bond donors (Lipinski definition) is 0. The van der Waals surface area contributed by atoms with Crippen molar-refractivity contribution < 1.29 is 9.59 Å². The molecule has 0 saturated carbocycles. The summed E-state index contributed by atoms with van der Waals surface area (Å²) in [6.45, 7) is 7.05. The molecule has 0 spiro atoms. The van der Waals surface area contributed by atoms with Crippen molar-refractivity contribution >= 4 is 22.7 Å². The maximum atomic E-state index is 13.2. The van der Waals surface area contributed by atoms with Crippen LogP contribution in [0, 0.1) is 19.8 Å². The number of pyridine rings is 1. The number of piperidine rings is 1. The van der Waals surface area contributed by atoms with Gasteiger partial charge in [0.1, 0.15) is 0 Å². The Labute approximate surface area is 173 Å². The Morgan fingerprint density at radius 2 is 1.59 bits per heavy atom. The van der Waals surface area contributed by atoms with Crippen LogP contribution in [0.4, 0.5) is 0 Å². The van der Waals surface area contributed by atoms with Crippen LogP contribution in [0.2, 0.25) is 0 Å². The van der Waals surface area contributed by atoms with E-state index in [4.69, 9.17) is 0 Å². The molecule has 4 rings (SSSR count). The van der Waals surface area contributed by atoms with Crippen molar-refractivity contribution in [3.8, 4) is 0 Å². The number of hydrogen-bond acceptors (Lipinski definition) is 3. The van der Waals surface area contributed by atoms with Crippen molar-refractivity contribution in [1.29, 1.82) is 0 Å². The van der Waals surface area contributed by atoms with Crippen LogP contribution < -0.4 is 0 Å². The topological polar surface area (TPSA) is 53.5 Å². The number of fused-ring (bicyclic) bond motifs is 1. The molecule has 2 aromatic rings. The first-order valence-corrected chi connectivity index (χ1v) is 11.0. The minimum absolute atomic E-state index is 0.0408. The summed E-state index contributed by atoms with van der Waals surface area (Å²) < 4.78 is 0. The van der Waals surface area contributed by atoms with Crippen LogP contribution in [-0.2, 0) is 4.79 Å². The van der Waals surface area contributed by atoms with E-state index in [1.165, 1.54) is 12.8 Å². The summed E-state index contributed by atoms with van der Waals surface area (Å²) in [4.78, 5) is 34.7. The Morgan fingerprint density at radius 1 is 0.897 bits per heavy atom. The number of aryl methyl sites for hydroxylation is 2. The molecule has 0 aliphatic carbocycles. The molecule has 5 heteroatoms. The highest BCUT2D eigenvalue weighted by molar-refractivity contribution is 5.99. The lowest BCUT2D eigenvalue weighted by Gasteiger charge is -2.34. The first kappa shape index (κ1) is 19.9. The zero-order valence-corrected chi connectivity index (χ0v) is 17.6. The van der Waals surface area contributed by atoms with Crippen LogP contribution in [-0.4, -0.2) is 52.8 Å². The van der Waals surface area contributed by atoms with E-state index in [-0.39, 0.29) is 11.8 Å². The molecule has 2 fully saturated rings. The lowest BCUT2D eigenvalue weighted by Crippen LogP contribution is -2.44. The fourth-order valence-electron chi connectivity index (χ4n) is 4.66. The van der Waals surface area contributed by atoms with E-state index in [9.17, 15) is 9.59 Å². The monoisotopic (exact) mass is 393 g/mol. The van der Waals surface area contributed by atoms with Gasteiger partial charge in [0, 0.05) is 37.5 Å². The first-order chi connectivity index (χ1) is 14.0. The third-order valence-electron chi connectivity index (χ3n) is 6.44. The predicted molar refractivity (Wildman–Crippen MR) is 115 cm³/mol. The van der Waals surface area contributed by atoms with Crippen LogP contribution in [0.3, 0.4) is 0 Å². The second kappa shape index (κ2) is 8.52. The molecule has 2 saturated heterocycles. The number of likely N-dealkylation sites (tertiary alicyclic amines) is 2. The van der Waals surface area contributed by atoms with Gasteiger partial charge in [-0.25, -0.2) is 0 Å². The Kier molecular flexibility index (Phi) is 5.84. The highest BCUT2D eigenvalue weighted by Gasteiger charge is 2.31. The number of carbonyl (C=O) groups excluding carboxylic acids is 2. The lowest BCUT2D eigenvalue weighted by molar-refractivity contribution is -0.136. The number of aromatic nitrogens is 1. The SMILES string of the molecule is Cc1ccc2nc(C)c(C(=O)N3CCC(C(=O)N4CCCCCC4)CC3)cc2c1. The third-order valence-corrected chi connectivity index (χ3v) is 6.44. The lowest BCUT2D eigenvalue weighted by atomic mass is 9.94. The van der Waals surface area contributed by atoms with Gasteiger partial charge >= 0.3 is 0 Å². The molecule has 2 aliphatic heterocycles. The normalized spacial score (nSPS) is 18.7. The third kappa shape index (κ3) is 4.29. The van der Waals surface area contributed by atoms with Gasteiger partial charge in [-0.2, -0.15) is 0 Å². The average Bonchev–Trinajstić information content (AvgIpc) is 3.02. The highest BCUT2D eigenvalue weighted by Crippen LogP contribution is 2.25.